The van der Waals surface area contributed by atoms with E-state index in [1.54, 1.807) is 4.68 Å². The van der Waals surface area contributed by atoms with Crippen LogP contribution in [0.2, 0.25) is 0 Å². The van der Waals surface area contributed by atoms with Crippen molar-refractivity contribution in [3.05, 3.63) is 0 Å². The van der Waals surface area contributed by atoms with Crippen molar-refractivity contribution in [2.45, 2.75) is 32.7 Å². The second-order valence-corrected chi connectivity index (χ2v) is 5.12. The van der Waals surface area contributed by atoms with Crippen molar-refractivity contribution in [1.29, 1.82) is 0 Å². The molecule has 1 fully saturated rings. The maximum Gasteiger partial charge on any atom is 0.245 e. The van der Waals surface area contributed by atoms with Crippen LogP contribution in [0.15, 0.2) is 0 Å². The largest absolute Gasteiger partial charge is 0.339 e. The first-order chi connectivity index (χ1) is 8.16. The highest BCUT2D eigenvalue weighted by atomic mass is 15.6. The van der Waals surface area contributed by atoms with Crippen molar-refractivity contribution in [3.8, 4) is 0 Å². The third kappa shape index (κ3) is 3.15. The summed E-state index contributed by atoms with van der Waals surface area (Å²) in [6.45, 7) is 7.57. The molecule has 0 aliphatic carbocycles. The summed E-state index contributed by atoms with van der Waals surface area (Å²) >= 11 is 0. The van der Waals surface area contributed by atoms with Crippen molar-refractivity contribution in [1.82, 2.24) is 25.5 Å². The number of anilines is 1. The predicted octanol–water partition coefficient (Wildman–Crippen LogP) is 0.424. The van der Waals surface area contributed by atoms with Crippen LogP contribution in [0.1, 0.15) is 26.7 Å². The molecule has 0 radical (unpaired) electrons. The fourth-order valence-corrected chi connectivity index (χ4v) is 2.31. The van der Waals surface area contributed by atoms with Crippen LogP contribution >= 0.6 is 0 Å². The van der Waals surface area contributed by atoms with Gasteiger partial charge in [-0.3, -0.25) is 0 Å². The van der Waals surface area contributed by atoms with Crippen LogP contribution in [0.25, 0.3) is 0 Å². The minimum absolute atomic E-state index is 0.557. The van der Waals surface area contributed by atoms with Gasteiger partial charge in [-0.05, 0) is 35.7 Å². The first-order valence-corrected chi connectivity index (χ1v) is 6.37. The minimum atomic E-state index is 0.557. The van der Waals surface area contributed by atoms with Gasteiger partial charge >= 0.3 is 0 Å². The topological polar surface area (TPSA) is 58.9 Å². The van der Waals surface area contributed by atoms with Crippen LogP contribution in [0, 0.1) is 5.92 Å². The van der Waals surface area contributed by atoms with Crippen LogP contribution in [0.5, 0.6) is 0 Å². The van der Waals surface area contributed by atoms with Gasteiger partial charge in [-0.2, -0.15) is 0 Å². The van der Waals surface area contributed by atoms with Gasteiger partial charge in [0.2, 0.25) is 5.95 Å². The number of hydrogen-bond donors (Lipinski definition) is 1. The fraction of sp³-hybridized carbons (Fsp3) is 0.909. The van der Waals surface area contributed by atoms with Crippen LogP contribution < -0.4 is 10.2 Å². The molecule has 1 aromatic rings. The summed E-state index contributed by atoms with van der Waals surface area (Å²) in [5.41, 5.74) is 0. The van der Waals surface area contributed by atoms with Crippen molar-refractivity contribution >= 4 is 5.95 Å². The Bertz CT molecular complexity index is 347. The van der Waals surface area contributed by atoms with Crippen molar-refractivity contribution in [2.24, 2.45) is 13.0 Å². The van der Waals surface area contributed by atoms with E-state index in [9.17, 15) is 0 Å². The molecule has 0 spiro atoms. The van der Waals surface area contributed by atoms with E-state index in [0.29, 0.717) is 12.0 Å². The van der Waals surface area contributed by atoms with Crippen molar-refractivity contribution in [2.75, 3.05) is 24.5 Å². The van der Waals surface area contributed by atoms with Gasteiger partial charge in [0, 0.05) is 26.2 Å². The van der Waals surface area contributed by atoms with E-state index >= 15 is 0 Å². The Kier molecular flexibility index (Phi) is 3.93. The molecule has 96 valence electrons. The van der Waals surface area contributed by atoms with E-state index in [2.05, 4.69) is 39.6 Å². The van der Waals surface area contributed by atoms with Gasteiger partial charge in [0.15, 0.2) is 0 Å². The smallest absolute Gasteiger partial charge is 0.245 e. The Morgan fingerprint density at radius 1 is 1.47 bits per heavy atom. The first-order valence-electron chi connectivity index (χ1n) is 6.37. The van der Waals surface area contributed by atoms with E-state index in [4.69, 9.17) is 0 Å². The summed E-state index contributed by atoms with van der Waals surface area (Å²) in [6.07, 6.45) is 2.51. The molecule has 1 unspecified atom stereocenters. The summed E-state index contributed by atoms with van der Waals surface area (Å²) in [5.74, 6) is 1.59. The summed E-state index contributed by atoms with van der Waals surface area (Å²) in [7, 11) is 1.89. The molecule has 1 aromatic heterocycles. The van der Waals surface area contributed by atoms with E-state index in [1.165, 1.54) is 12.8 Å². The summed E-state index contributed by atoms with van der Waals surface area (Å²) in [5, 5.41) is 15.2. The van der Waals surface area contributed by atoms with Crippen molar-refractivity contribution in [3.63, 3.8) is 0 Å². The molecular weight excluding hydrogens is 216 g/mol. The monoisotopic (exact) mass is 238 g/mol. The predicted molar refractivity (Wildman–Crippen MR) is 66.9 cm³/mol. The lowest BCUT2D eigenvalue weighted by molar-refractivity contribution is 0.375. The molecule has 0 amide bonds. The minimum Gasteiger partial charge on any atom is -0.339 e. The molecule has 17 heavy (non-hydrogen) atoms. The van der Waals surface area contributed by atoms with Gasteiger partial charge in [0.05, 0.1) is 0 Å². The van der Waals surface area contributed by atoms with Gasteiger partial charge in [-0.15, -0.1) is 0 Å². The maximum atomic E-state index is 4.08. The third-order valence-corrected chi connectivity index (χ3v) is 3.21. The highest BCUT2D eigenvalue weighted by Gasteiger charge is 2.23. The van der Waals surface area contributed by atoms with Crippen LogP contribution in [-0.2, 0) is 7.05 Å². The third-order valence-electron chi connectivity index (χ3n) is 3.21. The van der Waals surface area contributed by atoms with Gasteiger partial charge in [-0.25, -0.2) is 4.68 Å². The second-order valence-electron chi connectivity index (χ2n) is 5.12. The average Bonchev–Trinajstić information content (AvgIpc) is 2.73. The highest BCUT2D eigenvalue weighted by Crippen LogP contribution is 2.19. The standard InChI is InChI=1S/C11H22N6/c1-9(2)12-7-10-5-4-6-17(8-10)11-13-14-15-16(11)3/h9-10,12H,4-8H2,1-3H3. The molecular formula is C11H22N6. The number of piperidine rings is 1. The van der Waals surface area contributed by atoms with Crippen LogP contribution in [-0.4, -0.2) is 45.9 Å². The Hall–Kier alpha value is -1.17. The van der Waals surface area contributed by atoms with E-state index in [1.807, 2.05) is 7.05 Å². The molecule has 1 saturated heterocycles. The SMILES string of the molecule is CC(C)NCC1CCCN(c2nnnn2C)C1. The zero-order chi connectivity index (χ0) is 12.3. The molecule has 1 N–H and O–H groups in total. The number of nitrogens with one attached hydrogen (secondary N) is 1. The number of rotatable bonds is 4. The molecule has 6 heteroatoms. The zero-order valence-electron chi connectivity index (χ0n) is 10.9. The molecule has 1 atom stereocenters. The molecule has 2 heterocycles. The number of tetrazole rings is 1. The van der Waals surface area contributed by atoms with Gasteiger partial charge in [0.25, 0.3) is 0 Å². The van der Waals surface area contributed by atoms with Gasteiger partial charge < -0.3 is 10.2 Å². The lowest BCUT2D eigenvalue weighted by Gasteiger charge is -2.33. The Morgan fingerprint density at radius 3 is 2.94 bits per heavy atom. The molecule has 0 saturated carbocycles. The molecule has 0 bridgehead atoms. The van der Waals surface area contributed by atoms with Gasteiger partial charge in [0.1, 0.15) is 0 Å². The fourth-order valence-electron chi connectivity index (χ4n) is 2.31. The van der Waals surface area contributed by atoms with E-state index < -0.39 is 0 Å². The Labute approximate surface area is 102 Å². The lowest BCUT2D eigenvalue weighted by atomic mass is 9.98. The number of aryl methyl sites for hydroxylation is 1. The van der Waals surface area contributed by atoms with E-state index in [-0.39, 0.29) is 0 Å². The zero-order valence-corrected chi connectivity index (χ0v) is 10.9. The molecule has 2 rings (SSSR count). The molecule has 6 nitrogen and oxygen atoms in total. The maximum absolute atomic E-state index is 4.08. The summed E-state index contributed by atoms with van der Waals surface area (Å²) in [6, 6.07) is 0.557. The average molecular weight is 238 g/mol. The van der Waals surface area contributed by atoms with E-state index in [0.717, 1.165) is 25.6 Å². The number of aromatic nitrogens is 4. The van der Waals surface area contributed by atoms with Gasteiger partial charge in [-0.1, -0.05) is 18.9 Å². The highest BCUT2D eigenvalue weighted by molar-refractivity contribution is 5.28. The quantitative estimate of drug-likeness (QED) is 0.824. The second kappa shape index (κ2) is 5.44. The first kappa shape index (κ1) is 12.3. The van der Waals surface area contributed by atoms with Crippen LogP contribution in [0.4, 0.5) is 5.95 Å². The molecule has 0 aromatic carbocycles. The molecule has 1 aliphatic rings. The normalized spacial score (nSPS) is 21.2. The Morgan fingerprint density at radius 2 is 2.29 bits per heavy atom. The summed E-state index contributed by atoms with van der Waals surface area (Å²) < 4.78 is 1.75. The Balaban J connectivity index is 1.91. The van der Waals surface area contributed by atoms with Crippen molar-refractivity contribution < 1.29 is 0 Å². The lowest BCUT2D eigenvalue weighted by Crippen LogP contribution is -2.42. The summed E-state index contributed by atoms with van der Waals surface area (Å²) in [4.78, 5) is 2.29. The number of hydrogen-bond acceptors (Lipinski definition) is 5. The molecule has 1 aliphatic heterocycles. The number of nitrogens with zero attached hydrogens (tertiary/aromatic N) is 5. The van der Waals surface area contributed by atoms with Crippen LogP contribution in [0.3, 0.4) is 0 Å².